The summed E-state index contributed by atoms with van der Waals surface area (Å²) >= 11 is 0. The fourth-order valence-electron chi connectivity index (χ4n) is 4.45. The van der Waals surface area contributed by atoms with E-state index in [-0.39, 0.29) is 17.5 Å². The summed E-state index contributed by atoms with van der Waals surface area (Å²) in [6, 6.07) is 19.1. The maximum absolute atomic E-state index is 13.5. The van der Waals surface area contributed by atoms with Gasteiger partial charge in [0, 0.05) is 19.5 Å². The van der Waals surface area contributed by atoms with Crippen LogP contribution >= 0.6 is 0 Å². The first-order chi connectivity index (χ1) is 19.2. The molecule has 1 aromatic heterocycles. The molecular weight excluding hydrogens is 554 g/mol. The van der Waals surface area contributed by atoms with E-state index in [1.54, 1.807) is 50.4 Å². The van der Waals surface area contributed by atoms with Crippen LogP contribution in [-0.2, 0) is 19.0 Å². The molecule has 0 bridgehead atoms. The molecule has 41 heavy (non-hydrogen) atoms. The van der Waals surface area contributed by atoms with Gasteiger partial charge in [0.15, 0.2) is 0 Å². The Balaban J connectivity index is 1.90. The molecular formula is C28H24F6N4O3. The lowest BCUT2D eigenvalue weighted by Crippen LogP contribution is -2.50. The Labute approximate surface area is 230 Å². The number of carbonyl (C=O) groups is 1. The number of hydrogen-bond donors (Lipinski definition) is 2. The number of aryl methyl sites for hydroxylation is 2. The molecule has 4 rings (SSSR count). The van der Waals surface area contributed by atoms with Gasteiger partial charge in [0.2, 0.25) is 0 Å². The smallest absolute Gasteiger partial charge is 0.406 e. The van der Waals surface area contributed by atoms with E-state index < -0.39 is 35.8 Å². The van der Waals surface area contributed by atoms with Crippen LogP contribution in [0.2, 0.25) is 0 Å². The number of benzene rings is 3. The van der Waals surface area contributed by atoms with E-state index in [0.29, 0.717) is 17.1 Å². The number of urea groups is 1. The number of anilines is 1. The maximum Gasteiger partial charge on any atom is 0.573 e. The van der Waals surface area contributed by atoms with Crippen LogP contribution in [-0.4, -0.2) is 28.5 Å². The minimum Gasteiger partial charge on any atom is -0.406 e. The van der Waals surface area contributed by atoms with Crippen LogP contribution < -0.4 is 20.1 Å². The lowest BCUT2D eigenvalue weighted by molar-refractivity contribution is -0.275. The summed E-state index contributed by atoms with van der Waals surface area (Å²) in [6.07, 6.45) is -10.1. The average Bonchev–Trinajstić information content (AvgIpc) is 3.18. The third-order valence-electron chi connectivity index (χ3n) is 6.00. The van der Waals surface area contributed by atoms with Gasteiger partial charge in [-0.15, -0.1) is 26.3 Å². The average molecular weight is 579 g/mol. The Bertz CT molecular complexity index is 1440. The number of halogens is 6. The van der Waals surface area contributed by atoms with Crippen molar-refractivity contribution in [2.45, 2.75) is 31.6 Å². The van der Waals surface area contributed by atoms with Gasteiger partial charge < -0.3 is 14.8 Å². The molecule has 1 heterocycles. The van der Waals surface area contributed by atoms with E-state index >= 15 is 0 Å². The molecule has 0 saturated carbocycles. The van der Waals surface area contributed by atoms with Crippen molar-refractivity contribution in [3.63, 3.8) is 0 Å². The molecule has 0 radical (unpaired) electrons. The second-order valence-electron chi connectivity index (χ2n) is 9.09. The zero-order valence-electron chi connectivity index (χ0n) is 21.7. The molecule has 0 saturated heterocycles. The number of rotatable bonds is 8. The van der Waals surface area contributed by atoms with Gasteiger partial charge in [0.1, 0.15) is 17.3 Å². The molecule has 2 amide bonds. The first kappa shape index (κ1) is 29.3. The van der Waals surface area contributed by atoms with Crippen molar-refractivity contribution < 1.29 is 40.6 Å². The van der Waals surface area contributed by atoms with Crippen LogP contribution in [0.5, 0.6) is 11.5 Å². The Morgan fingerprint density at radius 2 is 1.34 bits per heavy atom. The van der Waals surface area contributed by atoms with Crippen LogP contribution in [0.25, 0.3) is 0 Å². The molecule has 0 aliphatic rings. The van der Waals surface area contributed by atoms with E-state index in [1.165, 1.54) is 28.9 Å². The second kappa shape index (κ2) is 11.4. The van der Waals surface area contributed by atoms with Gasteiger partial charge in [-0.3, -0.25) is 10.00 Å². The molecule has 7 nitrogen and oxygen atoms in total. The number of aromatic nitrogens is 2. The lowest BCUT2D eigenvalue weighted by atomic mass is 9.77. The van der Waals surface area contributed by atoms with Crippen molar-refractivity contribution in [2.24, 2.45) is 7.05 Å². The summed E-state index contributed by atoms with van der Waals surface area (Å²) in [5.74, 6) is -0.865. The molecule has 0 fully saturated rings. The summed E-state index contributed by atoms with van der Waals surface area (Å²) in [5, 5.41) is 9.62. The highest BCUT2D eigenvalue weighted by molar-refractivity contribution is 5.89. The number of amides is 2. The number of hydrogen-bond acceptors (Lipinski definition) is 4. The minimum absolute atomic E-state index is 0.0728. The third kappa shape index (κ3) is 7.71. The summed E-state index contributed by atoms with van der Waals surface area (Å²) < 4.78 is 88.3. The molecule has 2 N–H and O–H groups in total. The molecule has 3 aromatic carbocycles. The summed E-state index contributed by atoms with van der Waals surface area (Å²) in [4.78, 5) is 13.5. The van der Waals surface area contributed by atoms with Crippen molar-refractivity contribution in [1.82, 2.24) is 15.1 Å². The summed E-state index contributed by atoms with van der Waals surface area (Å²) in [5.41, 5.74) is -0.289. The van der Waals surface area contributed by atoms with E-state index in [0.717, 1.165) is 24.3 Å². The van der Waals surface area contributed by atoms with E-state index in [1.807, 2.05) is 0 Å². The second-order valence-corrected chi connectivity index (χ2v) is 9.09. The van der Waals surface area contributed by atoms with Crippen LogP contribution in [0.4, 0.5) is 37.0 Å². The quantitative estimate of drug-likeness (QED) is 0.225. The normalized spacial score (nSPS) is 12.1. The van der Waals surface area contributed by atoms with Gasteiger partial charge in [0.25, 0.3) is 0 Å². The molecule has 0 unspecified atom stereocenters. The Morgan fingerprint density at radius 3 is 1.80 bits per heavy atom. The van der Waals surface area contributed by atoms with Gasteiger partial charge in [-0.2, -0.15) is 5.10 Å². The number of nitrogens with one attached hydrogen (secondary N) is 2. The minimum atomic E-state index is -5.01. The number of alkyl halides is 6. The highest BCUT2D eigenvalue weighted by Gasteiger charge is 2.39. The first-order valence-corrected chi connectivity index (χ1v) is 12.1. The van der Waals surface area contributed by atoms with Crippen molar-refractivity contribution >= 4 is 11.8 Å². The van der Waals surface area contributed by atoms with Gasteiger partial charge in [-0.05, 0) is 47.9 Å². The van der Waals surface area contributed by atoms with Crippen LogP contribution in [0, 0.1) is 6.92 Å². The highest BCUT2D eigenvalue weighted by Crippen LogP contribution is 2.38. The number of carbonyl (C=O) groups excluding carboxylic acids is 1. The monoisotopic (exact) mass is 578 g/mol. The Kier molecular flexibility index (Phi) is 8.17. The molecule has 216 valence electrons. The fourth-order valence-corrected chi connectivity index (χ4v) is 4.45. The SMILES string of the molecule is Cc1cc(NC(=O)NC(Cc2ccccc2)(c2cccc(OC(F)(F)F)c2)c2cccc(OC(F)(F)F)c2)n(C)n1. The number of ether oxygens (including phenoxy) is 2. The van der Waals surface area contributed by atoms with Crippen molar-refractivity contribution in [1.29, 1.82) is 0 Å². The maximum atomic E-state index is 13.5. The van der Waals surface area contributed by atoms with E-state index in [4.69, 9.17) is 0 Å². The number of nitrogens with zero attached hydrogens (tertiary/aromatic N) is 2. The van der Waals surface area contributed by atoms with Crippen LogP contribution in [0.15, 0.2) is 84.9 Å². The van der Waals surface area contributed by atoms with Crippen LogP contribution in [0.3, 0.4) is 0 Å². The molecule has 13 heteroatoms. The van der Waals surface area contributed by atoms with Crippen molar-refractivity contribution in [3.05, 3.63) is 107 Å². The Hall–Kier alpha value is -4.68. The zero-order chi connectivity index (χ0) is 29.8. The Morgan fingerprint density at radius 1 is 0.805 bits per heavy atom. The van der Waals surface area contributed by atoms with Gasteiger partial charge >= 0.3 is 18.8 Å². The van der Waals surface area contributed by atoms with E-state index in [2.05, 4.69) is 25.2 Å². The molecule has 0 aliphatic carbocycles. The topological polar surface area (TPSA) is 77.4 Å². The highest BCUT2D eigenvalue weighted by atomic mass is 19.4. The van der Waals surface area contributed by atoms with Crippen LogP contribution in [0.1, 0.15) is 22.4 Å². The molecule has 4 aromatic rings. The van der Waals surface area contributed by atoms with E-state index in [9.17, 15) is 31.1 Å². The van der Waals surface area contributed by atoms with Crippen molar-refractivity contribution in [2.75, 3.05) is 5.32 Å². The lowest BCUT2D eigenvalue weighted by Gasteiger charge is -2.37. The molecule has 0 aliphatic heterocycles. The molecule has 0 spiro atoms. The third-order valence-corrected chi connectivity index (χ3v) is 6.00. The van der Waals surface area contributed by atoms with Gasteiger partial charge in [-0.1, -0.05) is 54.6 Å². The van der Waals surface area contributed by atoms with Gasteiger partial charge in [0.05, 0.1) is 11.2 Å². The standard InChI is InChI=1S/C28H24F6N4O3/c1-18-14-24(38(2)37-18)35-25(39)36-26(17-19-8-4-3-5-9-19,20-10-6-12-22(15-20)40-27(29,30)31)21-11-7-13-23(16-21)41-28(32,33)34/h3-16H,17H2,1-2H3,(H2,35,36,39). The first-order valence-electron chi connectivity index (χ1n) is 12.1. The summed E-state index contributed by atoms with van der Waals surface area (Å²) in [6.45, 7) is 1.71. The summed E-state index contributed by atoms with van der Waals surface area (Å²) in [7, 11) is 1.59. The van der Waals surface area contributed by atoms with Gasteiger partial charge in [-0.25, -0.2) is 4.79 Å². The predicted molar refractivity (Wildman–Crippen MR) is 137 cm³/mol. The predicted octanol–water partition coefficient (Wildman–Crippen LogP) is 6.83. The zero-order valence-corrected chi connectivity index (χ0v) is 21.7. The molecule has 0 atom stereocenters. The van der Waals surface area contributed by atoms with Crippen molar-refractivity contribution in [3.8, 4) is 11.5 Å². The largest absolute Gasteiger partial charge is 0.573 e. The fraction of sp³-hybridized carbons (Fsp3) is 0.214.